The highest BCUT2D eigenvalue weighted by molar-refractivity contribution is 7.26. The Labute approximate surface area is 798 Å². The van der Waals surface area contributed by atoms with E-state index in [1.54, 1.807) is 0 Å². The molecule has 0 amide bonds. The molecule has 0 saturated heterocycles. The van der Waals surface area contributed by atoms with Crippen LogP contribution in [0.5, 0.6) is 0 Å². The van der Waals surface area contributed by atoms with E-state index in [2.05, 4.69) is 453 Å². The topological polar surface area (TPSA) is 83.0 Å². The Balaban J connectivity index is 0.000000103. The van der Waals surface area contributed by atoms with Gasteiger partial charge in [-0.05, 0) is 216 Å². The molecule has 0 N–H and O–H groups in total. The molecule has 0 radical (unpaired) electrons. The van der Waals surface area contributed by atoms with Crippen molar-refractivity contribution in [3.8, 4) is 95.4 Å². The molecular formula is C129H76N4O3S2. The lowest BCUT2D eigenvalue weighted by Gasteiger charge is -2.12. The molecule has 0 aliphatic rings. The van der Waals surface area contributed by atoms with Crippen molar-refractivity contribution < 1.29 is 13.3 Å². The molecule has 7 nitrogen and oxygen atoms in total. The maximum Gasteiger partial charge on any atom is 0.144 e. The van der Waals surface area contributed by atoms with Gasteiger partial charge in [0.1, 0.15) is 33.5 Å². The molecule has 0 bridgehead atoms. The highest BCUT2D eigenvalue weighted by Gasteiger charge is 2.25. The second-order valence-electron chi connectivity index (χ2n) is 35.8. The minimum absolute atomic E-state index is 0.853. The molecule has 0 unspecified atom stereocenters. The van der Waals surface area contributed by atoms with Gasteiger partial charge in [0.25, 0.3) is 0 Å². The summed E-state index contributed by atoms with van der Waals surface area (Å²) in [7, 11) is 0. The van der Waals surface area contributed by atoms with Gasteiger partial charge in [-0.3, -0.25) is 0 Å². The van der Waals surface area contributed by atoms with Crippen LogP contribution in [0.1, 0.15) is 0 Å². The summed E-state index contributed by atoms with van der Waals surface area (Å²) in [5.41, 5.74) is 27.0. The summed E-state index contributed by atoms with van der Waals surface area (Å²) in [4.78, 5) is 16.2. The van der Waals surface area contributed by atoms with Crippen LogP contribution in [0, 0.1) is 0 Å². The van der Waals surface area contributed by atoms with Crippen molar-refractivity contribution in [3.05, 3.63) is 461 Å². The van der Waals surface area contributed by atoms with E-state index in [0.29, 0.717) is 0 Å². The summed E-state index contributed by atoms with van der Waals surface area (Å²) in [5, 5.41) is 27.2. The van der Waals surface area contributed by atoms with E-state index in [-0.39, 0.29) is 0 Å². The lowest BCUT2D eigenvalue weighted by atomic mass is 9.95. The number of para-hydroxylation sites is 3. The summed E-state index contributed by atoms with van der Waals surface area (Å²) < 4.78 is 27.0. The summed E-state index contributed by atoms with van der Waals surface area (Å²) in [5.74, 6) is 0. The van der Waals surface area contributed by atoms with Crippen molar-refractivity contribution in [3.63, 3.8) is 0 Å². The van der Waals surface area contributed by atoms with Crippen LogP contribution < -0.4 is 0 Å². The highest BCUT2D eigenvalue weighted by atomic mass is 32.1. The SMILES string of the molecule is c1ccc(-c2cc(-c3cccc(-c4cccc5c4sc4ccccc45)c3)nc3c2ccc2oc4cc5ccccc5cc4c23)cc1.c1ccc(-c2ccc(-n3c4ccccc4c4cc(-c5cc6c(ccc7oc8cc9ccccc9cc8c76)c(-c6ccccc6)n5)ccc43)cc2)cc1.c1ccc(-c2nc(-c3cccc4c3oc3ccccc34)cc3c2ccc2sc4cc5ccccc5cc4c23)cc1. The maximum absolute atomic E-state index is 6.52. The molecule has 30 aromatic rings. The number of aromatic nitrogens is 4. The lowest BCUT2D eigenvalue weighted by Crippen LogP contribution is -1.94. The number of furan rings is 3. The second-order valence-corrected chi connectivity index (χ2v) is 37.9. The quantitative estimate of drug-likeness (QED) is 0.143. The first-order valence-corrected chi connectivity index (χ1v) is 48.3. The summed E-state index contributed by atoms with van der Waals surface area (Å²) in [6.45, 7) is 0. The van der Waals surface area contributed by atoms with Gasteiger partial charge in [-0.1, -0.05) is 322 Å². The summed E-state index contributed by atoms with van der Waals surface area (Å²) in [6.07, 6.45) is 0. The van der Waals surface area contributed by atoms with Gasteiger partial charge >= 0.3 is 0 Å². The molecule has 9 heteroatoms. The Morgan fingerprint density at radius 1 is 0.196 bits per heavy atom. The third-order valence-corrected chi connectivity index (χ3v) is 30.2. The minimum Gasteiger partial charge on any atom is -0.456 e. The molecule has 0 saturated carbocycles. The van der Waals surface area contributed by atoms with Crippen molar-refractivity contribution >= 4 is 215 Å². The van der Waals surface area contributed by atoms with Crippen LogP contribution >= 0.6 is 22.7 Å². The lowest BCUT2D eigenvalue weighted by molar-refractivity contribution is 0.669. The number of fused-ring (bicyclic) bond motifs is 27. The van der Waals surface area contributed by atoms with Crippen molar-refractivity contribution in [1.29, 1.82) is 0 Å². The van der Waals surface area contributed by atoms with Gasteiger partial charge in [0, 0.05) is 128 Å². The first-order valence-electron chi connectivity index (χ1n) is 46.7. The molecular weight excluding hydrogens is 1720 g/mol. The number of hydrogen-bond acceptors (Lipinski definition) is 8. The molecule has 30 rings (SSSR count). The smallest absolute Gasteiger partial charge is 0.144 e. The first kappa shape index (κ1) is 78.9. The Morgan fingerprint density at radius 2 is 0.681 bits per heavy atom. The zero-order valence-electron chi connectivity index (χ0n) is 74.2. The average Bonchev–Trinajstić information content (AvgIpc) is 1.56. The standard InChI is InChI=1S/C49H30N2O.C43H25NOS.C37H21NOS/c1-3-11-31(12-4-1)32-19-22-37(23-20-32)51-44-18-10-9-17-38(44)40-28-36(21-25-45(40)51)43-30-41-39(49(50-43)33-13-5-2-6-14-33)24-26-46-48(41)42-27-34-15-7-8-16-35(34)29-47(42)52-46;1-2-10-26(11-3-1)35-25-37(30-15-8-14-29(22-30)31-17-9-18-34-32-16-6-7-19-40(32)46-43(31)34)44-42-33(35)20-21-38-41(42)36-23-27-12-4-5-13-28(27)24-39(36)45-38;1-2-9-22(10-3-1)36-26-17-18-33-35(30-19-23-11-4-5-12-24(23)20-34(30)40-33)29(26)21-31(38-36)28-15-8-14-27-25-13-6-7-16-32(25)39-37(27)28/h1-30H;1-25H;1-21H. The fourth-order valence-electron chi connectivity index (χ4n) is 21.3. The van der Waals surface area contributed by atoms with Gasteiger partial charge in [-0.25, -0.2) is 15.0 Å². The fourth-order valence-corrected chi connectivity index (χ4v) is 23.7. The fraction of sp³-hybridized carbons (Fsp3) is 0. The maximum atomic E-state index is 6.52. The predicted molar refractivity (Wildman–Crippen MR) is 583 cm³/mol. The van der Waals surface area contributed by atoms with Crippen LogP contribution in [0.4, 0.5) is 0 Å². The summed E-state index contributed by atoms with van der Waals surface area (Å²) in [6, 6.07) is 164. The molecule has 0 aliphatic carbocycles. The molecule has 138 heavy (non-hydrogen) atoms. The molecule has 9 heterocycles. The Kier molecular flexibility index (Phi) is 18.3. The summed E-state index contributed by atoms with van der Waals surface area (Å²) >= 11 is 3.73. The van der Waals surface area contributed by atoms with Gasteiger partial charge in [-0.2, -0.15) is 0 Å². The minimum atomic E-state index is 0.853. The van der Waals surface area contributed by atoms with E-state index in [1.165, 1.54) is 122 Å². The molecule has 642 valence electrons. The van der Waals surface area contributed by atoms with E-state index in [1.807, 2.05) is 34.8 Å². The van der Waals surface area contributed by atoms with Crippen molar-refractivity contribution in [2.24, 2.45) is 0 Å². The van der Waals surface area contributed by atoms with Gasteiger partial charge < -0.3 is 17.8 Å². The number of hydrogen-bond donors (Lipinski definition) is 0. The molecule has 21 aromatic carbocycles. The second kappa shape index (κ2) is 32.0. The largest absolute Gasteiger partial charge is 0.456 e. The number of pyridine rings is 3. The normalized spacial score (nSPS) is 11.9. The molecule has 0 atom stereocenters. The zero-order valence-corrected chi connectivity index (χ0v) is 75.8. The zero-order chi connectivity index (χ0) is 90.6. The predicted octanol–water partition coefficient (Wildman–Crippen LogP) is 37.0. The molecule has 0 spiro atoms. The van der Waals surface area contributed by atoms with Crippen molar-refractivity contribution in [2.75, 3.05) is 0 Å². The Hall–Kier alpha value is -17.7. The number of thiophene rings is 2. The monoisotopic (exact) mass is 1790 g/mol. The van der Waals surface area contributed by atoms with Crippen LogP contribution in [-0.4, -0.2) is 19.5 Å². The number of benzene rings is 21. The first-order chi connectivity index (χ1) is 68.4. The number of rotatable bonds is 9. The highest BCUT2D eigenvalue weighted by Crippen LogP contribution is 2.50. The molecule has 9 aromatic heterocycles. The number of nitrogens with zero attached hydrogens (tertiary/aromatic N) is 4. The van der Waals surface area contributed by atoms with E-state index >= 15 is 0 Å². The molecule has 0 aliphatic heterocycles. The van der Waals surface area contributed by atoms with E-state index in [4.69, 9.17) is 28.2 Å². The van der Waals surface area contributed by atoms with E-state index in [9.17, 15) is 0 Å². The van der Waals surface area contributed by atoms with Crippen LogP contribution in [0.3, 0.4) is 0 Å². The Morgan fingerprint density at radius 3 is 1.38 bits per heavy atom. The third-order valence-electron chi connectivity index (χ3n) is 27.8. The average molecular weight is 1790 g/mol. The van der Waals surface area contributed by atoms with Gasteiger partial charge in [0.2, 0.25) is 0 Å². The van der Waals surface area contributed by atoms with Crippen LogP contribution in [-0.2, 0) is 0 Å². The van der Waals surface area contributed by atoms with Crippen LogP contribution in [0.25, 0.3) is 288 Å². The van der Waals surface area contributed by atoms with Gasteiger partial charge in [0.15, 0.2) is 0 Å². The van der Waals surface area contributed by atoms with Crippen LogP contribution in [0.2, 0.25) is 0 Å². The van der Waals surface area contributed by atoms with Gasteiger partial charge in [-0.15, -0.1) is 22.7 Å². The van der Waals surface area contributed by atoms with E-state index in [0.717, 1.165) is 166 Å². The molecule has 0 fully saturated rings. The van der Waals surface area contributed by atoms with Crippen LogP contribution in [0.15, 0.2) is 474 Å². The van der Waals surface area contributed by atoms with E-state index < -0.39 is 0 Å². The Bertz CT molecular complexity index is 10200. The van der Waals surface area contributed by atoms with Crippen molar-refractivity contribution in [2.45, 2.75) is 0 Å². The third kappa shape index (κ3) is 13.1. The van der Waals surface area contributed by atoms with Crippen molar-refractivity contribution in [1.82, 2.24) is 19.5 Å². The van der Waals surface area contributed by atoms with Gasteiger partial charge in [0.05, 0.1) is 50.4 Å².